The van der Waals surface area contributed by atoms with Gasteiger partial charge in [-0.15, -0.1) is 11.3 Å². The second-order valence-corrected chi connectivity index (χ2v) is 13.7. The summed E-state index contributed by atoms with van der Waals surface area (Å²) in [4.78, 5) is 1.45. The Balaban J connectivity index is 1.21. The number of hydrogen-bond acceptors (Lipinski definition) is 1. The summed E-state index contributed by atoms with van der Waals surface area (Å²) >= 11 is 1.96. The van der Waals surface area contributed by atoms with Crippen LogP contribution in [0.4, 0.5) is 0 Å². The molecule has 220 valence electrons. The molecule has 10 rings (SSSR count). The van der Waals surface area contributed by atoms with Crippen molar-refractivity contribution in [2.24, 2.45) is 0 Å². The van der Waals surface area contributed by atoms with Gasteiger partial charge < -0.3 is 0 Å². The molecule has 0 radical (unpaired) electrons. The van der Waals surface area contributed by atoms with Gasteiger partial charge in [0.05, 0.1) is 0 Å². The van der Waals surface area contributed by atoms with Gasteiger partial charge in [-0.05, 0) is 101 Å². The molecule has 1 aliphatic carbocycles. The third-order valence-corrected chi connectivity index (χ3v) is 11.4. The Morgan fingerprint density at radius 3 is 1.70 bits per heavy atom. The molecule has 0 aliphatic heterocycles. The van der Waals surface area contributed by atoms with Crippen molar-refractivity contribution in [3.05, 3.63) is 169 Å². The van der Waals surface area contributed by atoms with Crippen molar-refractivity contribution in [3.63, 3.8) is 0 Å². The first-order chi connectivity index (χ1) is 23.3. The summed E-state index contributed by atoms with van der Waals surface area (Å²) in [5.74, 6) is 0. The Kier molecular flexibility index (Phi) is 5.97. The molecule has 0 saturated carbocycles. The third kappa shape index (κ3) is 4.07. The van der Waals surface area contributed by atoms with Crippen LogP contribution in [-0.2, 0) is 12.8 Å². The summed E-state index contributed by atoms with van der Waals surface area (Å²) in [6.07, 6.45) is 2.18. The molecule has 1 aromatic heterocycles. The van der Waals surface area contributed by atoms with E-state index in [2.05, 4.69) is 158 Å². The molecule has 1 aliphatic rings. The molecule has 0 spiro atoms. The van der Waals surface area contributed by atoms with E-state index >= 15 is 0 Å². The molecule has 0 nitrogen and oxygen atoms in total. The molecule has 47 heavy (non-hydrogen) atoms. The van der Waals surface area contributed by atoms with Crippen LogP contribution in [0.2, 0.25) is 0 Å². The first-order valence-electron chi connectivity index (χ1n) is 16.5. The van der Waals surface area contributed by atoms with Crippen LogP contribution in [0.1, 0.15) is 11.1 Å². The van der Waals surface area contributed by atoms with Crippen LogP contribution in [-0.4, -0.2) is 0 Å². The molecule has 8 aromatic carbocycles. The predicted molar refractivity (Wildman–Crippen MR) is 203 cm³/mol. The number of aryl methyl sites for hydroxylation is 2. The van der Waals surface area contributed by atoms with E-state index in [4.69, 9.17) is 0 Å². The standard InChI is InChI=1S/C46H30S/c1-3-14-33-29(11-1)13-9-20-34(33)31-23-25-32(26-24-31)43-36-16-5-7-18-38(36)44(39-19-8-6-17-37(39)43)40-21-10-22-42-45(40)41-28-27-30-12-2-4-15-35(30)46(41)47-42/h1-26H,27-28H2. The van der Waals surface area contributed by atoms with Gasteiger partial charge in [0.1, 0.15) is 0 Å². The zero-order chi connectivity index (χ0) is 30.9. The van der Waals surface area contributed by atoms with Crippen molar-refractivity contribution in [2.45, 2.75) is 12.8 Å². The molecule has 1 heteroatoms. The topological polar surface area (TPSA) is 0 Å². The van der Waals surface area contributed by atoms with Gasteiger partial charge in [-0.2, -0.15) is 0 Å². The van der Waals surface area contributed by atoms with Crippen LogP contribution in [0.15, 0.2) is 158 Å². The van der Waals surface area contributed by atoms with Crippen molar-refractivity contribution in [3.8, 4) is 43.8 Å². The van der Waals surface area contributed by atoms with E-state index in [1.54, 1.807) is 0 Å². The van der Waals surface area contributed by atoms with Crippen LogP contribution in [0.5, 0.6) is 0 Å². The highest BCUT2D eigenvalue weighted by molar-refractivity contribution is 7.22. The molecule has 0 bridgehead atoms. The van der Waals surface area contributed by atoms with E-state index in [9.17, 15) is 0 Å². The first kappa shape index (κ1) is 26.7. The molecule has 0 atom stereocenters. The van der Waals surface area contributed by atoms with Gasteiger partial charge in [0, 0.05) is 15.0 Å². The second-order valence-electron chi connectivity index (χ2n) is 12.7. The Morgan fingerprint density at radius 1 is 0.383 bits per heavy atom. The minimum absolute atomic E-state index is 1.08. The van der Waals surface area contributed by atoms with Crippen molar-refractivity contribution in [2.75, 3.05) is 0 Å². The molecule has 0 amide bonds. The van der Waals surface area contributed by atoms with E-state index < -0.39 is 0 Å². The van der Waals surface area contributed by atoms with Crippen LogP contribution in [0.25, 0.3) is 86.2 Å². The minimum Gasteiger partial charge on any atom is -0.135 e. The summed E-state index contributed by atoms with van der Waals surface area (Å²) in [6, 6.07) is 58.5. The van der Waals surface area contributed by atoms with Gasteiger partial charge in [-0.3, -0.25) is 0 Å². The maximum absolute atomic E-state index is 2.36. The van der Waals surface area contributed by atoms with Crippen LogP contribution < -0.4 is 0 Å². The highest BCUT2D eigenvalue weighted by Crippen LogP contribution is 2.50. The monoisotopic (exact) mass is 614 g/mol. The molecular weight excluding hydrogens is 585 g/mol. The lowest BCUT2D eigenvalue weighted by Gasteiger charge is -2.20. The predicted octanol–water partition coefficient (Wildman–Crippen LogP) is 13.1. The summed E-state index contributed by atoms with van der Waals surface area (Å²) < 4.78 is 1.38. The van der Waals surface area contributed by atoms with Crippen molar-refractivity contribution in [1.82, 2.24) is 0 Å². The van der Waals surface area contributed by atoms with Crippen molar-refractivity contribution in [1.29, 1.82) is 0 Å². The third-order valence-electron chi connectivity index (χ3n) is 10.2. The maximum atomic E-state index is 2.36. The van der Waals surface area contributed by atoms with E-state index in [-0.39, 0.29) is 0 Å². The highest BCUT2D eigenvalue weighted by Gasteiger charge is 2.25. The van der Waals surface area contributed by atoms with Gasteiger partial charge in [0.2, 0.25) is 0 Å². The number of rotatable bonds is 3. The van der Waals surface area contributed by atoms with E-state index in [0.29, 0.717) is 0 Å². The fourth-order valence-electron chi connectivity index (χ4n) is 8.12. The smallest absolute Gasteiger partial charge is 0.0390 e. The average molecular weight is 615 g/mol. The van der Waals surface area contributed by atoms with Gasteiger partial charge in [-0.1, -0.05) is 152 Å². The van der Waals surface area contributed by atoms with Gasteiger partial charge in [0.25, 0.3) is 0 Å². The lowest BCUT2D eigenvalue weighted by atomic mass is 9.83. The summed E-state index contributed by atoms with van der Waals surface area (Å²) in [7, 11) is 0. The zero-order valence-corrected chi connectivity index (χ0v) is 26.7. The second kappa shape index (κ2) is 10.5. The maximum Gasteiger partial charge on any atom is 0.0390 e. The fourth-order valence-corrected chi connectivity index (χ4v) is 9.46. The highest BCUT2D eigenvalue weighted by atomic mass is 32.1. The van der Waals surface area contributed by atoms with E-state index in [0.717, 1.165) is 12.8 Å². The summed E-state index contributed by atoms with van der Waals surface area (Å²) in [5.41, 5.74) is 12.2. The van der Waals surface area contributed by atoms with Gasteiger partial charge in [0.15, 0.2) is 0 Å². The molecular formula is C46H30S. The Hall–Kier alpha value is -5.50. The van der Waals surface area contributed by atoms with Crippen LogP contribution >= 0.6 is 11.3 Å². The Bertz CT molecular complexity index is 2610. The number of hydrogen-bond donors (Lipinski definition) is 0. The summed E-state index contributed by atoms with van der Waals surface area (Å²) in [6.45, 7) is 0. The summed E-state index contributed by atoms with van der Waals surface area (Å²) in [5, 5.41) is 9.20. The van der Waals surface area contributed by atoms with Gasteiger partial charge in [-0.25, -0.2) is 0 Å². The molecule has 0 unspecified atom stereocenters. The number of fused-ring (bicyclic) bond motifs is 8. The SMILES string of the molecule is c1ccc2c(c1)CCc1c-2sc2cccc(-c3c4ccccc4c(-c4ccc(-c5cccc6ccccc56)cc4)c4ccccc34)c12. The van der Waals surface area contributed by atoms with Crippen molar-refractivity contribution >= 4 is 53.7 Å². The molecule has 0 fully saturated rings. The largest absolute Gasteiger partial charge is 0.135 e. The number of benzene rings is 8. The normalized spacial score (nSPS) is 12.5. The van der Waals surface area contributed by atoms with Crippen LogP contribution in [0.3, 0.4) is 0 Å². The zero-order valence-electron chi connectivity index (χ0n) is 25.8. The lowest BCUT2D eigenvalue weighted by Crippen LogP contribution is -2.01. The van der Waals surface area contributed by atoms with Crippen molar-refractivity contribution < 1.29 is 0 Å². The molecule has 1 heterocycles. The molecule has 9 aromatic rings. The van der Waals surface area contributed by atoms with Crippen LogP contribution in [0, 0.1) is 0 Å². The van der Waals surface area contributed by atoms with E-state index in [1.807, 2.05) is 11.3 Å². The molecule has 0 saturated heterocycles. The van der Waals surface area contributed by atoms with E-state index in [1.165, 1.54) is 97.4 Å². The fraction of sp³-hybridized carbons (Fsp3) is 0.0435. The first-order valence-corrected chi connectivity index (χ1v) is 17.3. The Labute approximate surface area is 278 Å². The minimum atomic E-state index is 1.08. The Morgan fingerprint density at radius 2 is 0.936 bits per heavy atom. The molecule has 0 N–H and O–H groups in total. The number of thiophene rings is 1. The quantitative estimate of drug-likeness (QED) is 0.174. The average Bonchev–Trinajstić information content (AvgIpc) is 3.54. The van der Waals surface area contributed by atoms with Gasteiger partial charge >= 0.3 is 0 Å². The lowest BCUT2D eigenvalue weighted by molar-refractivity contribution is 0.957.